The first-order valence-corrected chi connectivity index (χ1v) is 6.22. The van der Waals surface area contributed by atoms with Gasteiger partial charge in [-0.05, 0) is 30.7 Å². The van der Waals surface area contributed by atoms with Crippen LogP contribution in [0.2, 0.25) is 5.02 Å². The molecule has 0 saturated carbocycles. The molecule has 2 heterocycles. The van der Waals surface area contributed by atoms with Gasteiger partial charge >= 0.3 is 0 Å². The number of aliphatic hydroxyl groups is 1. The first-order chi connectivity index (χ1) is 8.32. The molecule has 0 bridgehead atoms. The number of benzene rings is 1. The van der Waals surface area contributed by atoms with E-state index >= 15 is 0 Å². The summed E-state index contributed by atoms with van der Waals surface area (Å²) in [5, 5.41) is 11.5. The largest absolute Gasteiger partial charge is 0.362 e. The van der Waals surface area contributed by atoms with E-state index in [4.69, 9.17) is 11.6 Å². The van der Waals surface area contributed by atoms with Crippen molar-refractivity contribution < 1.29 is 9.90 Å². The van der Waals surface area contributed by atoms with Gasteiger partial charge in [0, 0.05) is 31.4 Å². The second kappa shape index (κ2) is 3.19. The number of amides is 1. The standard InChI is InChI=1S/C13H15ClN2O2/c1-12-7-15(2)11(17)13(12,18)16(3)10-5-4-8(14)6-9(10)12/h4-6,18H,7H2,1-3H3. The Bertz CT molecular complexity index is 562. The number of likely N-dealkylation sites (N-methyl/N-ethyl adjacent to an activating group) is 2. The van der Waals surface area contributed by atoms with Gasteiger partial charge in [-0.3, -0.25) is 4.79 Å². The molecule has 1 amide bonds. The molecule has 2 unspecified atom stereocenters. The summed E-state index contributed by atoms with van der Waals surface area (Å²) in [6.45, 7) is 2.40. The van der Waals surface area contributed by atoms with E-state index in [1.54, 1.807) is 30.0 Å². The predicted octanol–water partition coefficient (Wildman–Crippen LogP) is 1.21. The van der Waals surface area contributed by atoms with Crippen LogP contribution in [0, 0.1) is 0 Å². The molecule has 2 aliphatic rings. The summed E-state index contributed by atoms with van der Waals surface area (Å²) < 4.78 is 0. The number of fused-ring (bicyclic) bond motifs is 3. The number of hydrogen-bond donors (Lipinski definition) is 1. The number of likely N-dealkylation sites (tertiary alicyclic amines) is 1. The van der Waals surface area contributed by atoms with Gasteiger partial charge in [-0.1, -0.05) is 11.6 Å². The van der Waals surface area contributed by atoms with Crippen LogP contribution in [0.4, 0.5) is 5.69 Å². The van der Waals surface area contributed by atoms with Crippen LogP contribution in [0.5, 0.6) is 0 Å². The molecule has 1 N–H and O–H groups in total. The van der Waals surface area contributed by atoms with E-state index in [-0.39, 0.29) is 5.91 Å². The van der Waals surface area contributed by atoms with Crippen molar-refractivity contribution in [1.82, 2.24) is 4.90 Å². The van der Waals surface area contributed by atoms with E-state index in [9.17, 15) is 9.90 Å². The van der Waals surface area contributed by atoms with Crippen molar-refractivity contribution in [1.29, 1.82) is 0 Å². The minimum Gasteiger partial charge on any atom is -0.362 e. The van der Waals surface area contributed by atoms with Gasteiger partial charge in [-0.15, -0.1) is 0 Å². The second-order valence-corrected chi connectivity index (χ2v) is 5.82. The van der Waals surface area contributed by atoms with Gasteiger partial charge in [0.15, 0.2) is 0 Å². The third-order valence-corrected chi connectivity index (χ3v) is 4.60. The molecule has 2 atom stereocenters. The van der Waals surface area contributed by atoms with E-state index in [1.807, 2.05) is 19.1 Å². The van der Waals surface area contributed by atoms with Gasteiger partial charge in [0.1, 0.15) is 0 Å². The van der Waals surface area contributed by atoms with Crippen LogP contribution >= 0.6 is 11.6 Å². The zero-order chi connectivity index (χ0) is 13.3. The summed E-state index contributed by atoms with van der Waals surface area (Å²) in [5.41, 5.74) is -0.355. The Balaban J connectivity index is 2.30. The average Bonchev–Trinajstić information content (AvgIpc) is 2.60. The fourth-order valence-corrected chi connectivity index (χ4v) is 3.53. The molecule has 1 saturated heterocycles. The molecule has 1 aromatic rings. The van der Waals surface area contributed by atoms with Crippen LogP contribution in [0.15, 0.2) is 18.2 Å². The highest BCUT2D eigenvalue weighted by atomic mass is 35.5. The maximum Gasteiger partial charge on any atom is 0.276 e. The van der Waals surface area contributed by atoms with E-state index < -0.39 is 11.1 Å². The zero-order valence-electron chi connectivity index (χ0n) is 10.6. The number of rotatable bonds is 0. The Hall–Kier alpha value is -1.26. The highest BCUT2D eigenvalue weighted by Crippen LogP contribution is 2.54. The normalized spacial score (nSPS) is 33.9. The molecule has 0 aromatic heterocycles. The number of nitrogens with zero attached hydrogens (tertiary/aromatic N) is 2. The van der Waals surface area contributed by atoms with Crippen molar-refractivity contribution in [3.05, 3.63) is 28.8 Å². The van der Waals surface area contributed by atoms with Gasteiger partial charge in [0.25, 0.3) is 5.91 Å². The van der Waals surface area contributed by atoms with Gasteiger partial charge in [-0.25, -0.2) is 0 Å². The highest BCUT2D eigenvalue weighted by molar-refractivity contribution is 6.30. The number of carbonyl (C=O) groups excluding carboxylic acids is 1. The Morgan fingerprint density at radius 1 is 1.39 bits per heavy atom. The molecular formula is C13H15ClN2O2. The quantitative estimate of drug-likeness (QED) is 0.768. The average molecular weight is 267 g/mol. The van der Waals surface area contributed by atoms with Crippen LogP contribution in [-0.4, -0.2) is 42.3 Å². The Kier molecular flexibility index (Phi) is 2.09. The summed E-state index contributed by atoms with van der Waals surface area (Å²) in [6.07, 6.45) is 0. The number of halogens is 1. The lowest BCUT2D eigenvalue weighted by Crippen LogP contribution is -2.58. The van der Waals surface area contributed by atoms with Crippen LogP contribution in [0.1, 0.15) is 12.5 Å². The molecule has 18 heavy (non-hydrogen) atoms. The Labute approximate surface area is 111 Å². The Morgan fingerprint density at radius 2 is 2.06 bits per heavy atom. The SMILES string of the molecule is CN1CC2(C)c3cc(Cl)ccc3N(C)C2(O)C1=O. The molecule has 1 aromatic carbocycles. The van der Waals surface area contributed by atoms with Crippen molar-refractivity contribution in [3.63, 3.8) is 0 Å². The molecule has 2 aliphatic heterocycles. The second-order valence-electron chi connectivity index (χ2n) is 5.39. The summed E-state index contributed by atoms with van der Waals surface area (Å²) in [6, 6.07) is 5.48. The Morgan fingerprint density at radius 3 is 2.72 bits per heavy atom. The van der Waals surface area contributed by atoms with Gasteiger partial charge in [0.05, 0.1) is 5.41 Å². The van der Waals surface area contributed by atoms with Crippen molar-refractivity contribution in [3.8, 4) is 0 Å². The summed E-state index contributed by atoms with van der Waals surface area (Å²) in [7, 11) is 3.46. The fraction of sp³-hybridized carbons (Fsp3) is 0.462. The third kappa shape index (κ3) is 1.04. The fourth-order valence-electron chi connectivity index (χ4n) is 3.36. The minimum atomic E-state index is -1.51. The van der Waals surface area contributed by atoms with E-state index in [0.29, 0.717) is 11.6 Å². The van der Waals surface area contributed by atoms with Crippen LogP contribution in [-0.2, 0) is 10.2 Å². The molecule has 5 heteroatoms. The maximum atomic E-state index is 12.3. The van der Waals surface area contributed by atoms with Crippen LogP contribution in [0.25, 0.3) is 0 Å². The van der Waals surface area contributed by atoms with E-state index in [0.717, 1.165) is 11.3 Å². The van der Waals surface area contributed by atoms with Crippen molar-refractivity contribution in [2.45, 2.75) is 18.1 Å². The molecule has 0 radical (unpaired) electrons. The van der Waals surface area contributed by atoms with Gasteiger partial charge in [-0.2, -0.15) is 0 Å². The van der Waals surface area contributed by atoms with E-state index in [2.05, 4.69) is 0 Å². The van der Waals surface area contributed by atoms with Crippen molar-refractivity contribution in [2.75, 3.05) is 25.5 Å². The zero-order valence-corrected chi connectivity index (χ0v) is 11.3. The molecule has 96 valence electrons. The first kappa shape index (κ1) is 11.8. The number of carbonyl (C=O) groups is 1. The van der Waals surface area contributed by atoms with E-state index in [1.165, 1.54) is 0 Å². The molecular weight excluding hydrogens is 252 g/mol. The van der Waals surface area contributed by atoms with Crippen molar-refractivity contribution >= 4 is 23.2 Å². The minimum absolute atomic E-state index is 0.264. The lowest BCUT2D eigenvalue weighted by atomic mass is 9.78. The summed E-state index contributed by atoms with van der Waals surface area (Å²) in [5.74, 6) is -0.264. The van der Waals surface area contributed by atoms with Crippen LogP contribution in [0.3, 0.4) is 0 Å². The molecule has 4 nitrogen and oxygen atoms in total. The monoisotopic (exact) mass is 266 g/mol. The van der Waals surface area contributed by atoms with Gasteiger partial charge in [0.2, 0.25) is 5.72 Å². The lowest BCUT2D eigenvalue weighted by molar-refractivity contribution is -0.143. The smallest absolute Gasteiger partial charge is 0.276 e. The molecule has 0 aliphatic carbocycles. The van der Waals surface area contributed by atoms with Crippen LogP contribution < -0.4 is 4.90 Å². The summed E-state index contributed by atoms with van der Waals surface area (Å²) in [4.78, 5) is 15.5. The first-order valence-electron chi connectivity index (χ1n) is 5.84. The third-order valence-electron chi connectivity index (χ3n) is 4.37. The predicted molar refractivity (Wildman–Crippen MR) is 69.8 cm³/mol. The van der Waals surface area contributed by atoms with Crippen molar-refractivity contribution in [2.24, 2.45) is 0 Å². The van der Waals surface area contributed by atoms with Gasteiger partial charge < -0.3 is 14.9 Å². The summed E-state index contributed by atoms with van der Waals surface area (Å²) >= 11 is 6.04. The molecule has 0 spiro atoms. The topological polar surface area (TPSA) is 43.8 Å². The lowest BCUT2D eigenvalue weighted by Gasteiger charge is -2.34. The molecule has 3 rings (SSSR count). The number of hydrogen-bond acceptors (Lipinski definition) is 3. The number of anilines is 1. The maximum absolute atomic E-state index is 12.3. The molecule has 1 fully saturated rings. The highest BCUT2D eigenvalue weighted by Gasteiger charge is 2.67.